The Hall–Kier alpha value is -3.92. The van der Waals surface area contributed by atoms with Gasteiger partial charge in [0.1, 0.15) is 23.9 Å². The van der Waals surface area contributed by atoms with E-state index in [9.17, 15) is 18.3 Å². The number of carboxylic acids is 1. The number of benzene rings is 3. The maximum Gasteiger partial charge on any atom is 0.335 e. The van der Waals surface area contributed by atoms with Gasteiger partial charge in [0, 0.05) is 18.2 Å². The molecule has 10 heteroatoms. The van der Waals surface area contributed by atoms with Crippen LogP contribution in [0.15, 0.2) is 65.6 Å². The summed E-state index contributed by atoms with van der Waals surface area (Å²) in [5, 5.41) is 9.47. The van der Waals surface area contributed by atoms with E-state index in [1.165, 1.54) is 31.4 Å². The third kappa shape index (κ3) is 4.86. The van der Waals surface area contributed by atoms with E-state index >= 15 is 0 Å². The van der Waals surface area contributed by atoms with Crippen LogP contribution in [0.2, 0.25) is 0 Å². The summed E-state index contributed by atoms with van der Waals surface area (Å²) in [5.41, 5.74) is 1.55. The molecule has 0 aromatic heterocycles. The van der Waals surface area contributed by atoms with Gasteiger partial charge in [-0.05, 0) is 54.6 Å². The molecule has 0 saturated heterocycles. The quantitative estimate of drug-likeness (QED) is 0.523. The lowest BCUT2D eigenvalue weighted by molar-refractivity contribution is 0.0697. The Bertz CT molecular complexity index is 1310. The van der Waals surface area contributed by atoms with Gasteiger partial charge in [-0.2, -0.15) is 0 Å². The van der Waals surface area contributed by atoms with Crippen molar-refractivity contribution in [1.82, 2.24) is 0 Å². The number of hydrogen-bond donors (Lipinski definition) is 2. The highest BCUT2D eigenvalue weighted by atomic mass is 32.2. The number of carboxylic acid groups (broad SMARTS) is 1. The number of aromatic carboxylic acids is 1. The molecule has 1 aliphatic heterocycles. The zero-order valence-electron chi connectivity index (χ0n) is 18.6. The molecule has 0 bridgehead atoms. The molecule has 9 nitrogen and oxygen atoms in total. The van der Waals surface area contributed by atoms with E-state index in [1.807, 2.05) is 17.0 Å². The number of sulfonamides is 1. The summed E-state index contributed by atoms with van der Waals surface area (Å²) >= 11 is 0. The molecule has 1 heterocycles. The summed E-state index contributed by atoms with van der Waals surface area (Å²) in [6.45, 7) is 1.25. The molecular weight excluding hydrogens is 460 g/mol. The van der Waals surface area contributed by atoms with Crippen molar-refractivity contribution in [3.8, 4) is 17.2 Å². The van der Waals surface area contributed by atoms with Gasteiger partial charge in [-0.3, -0.25) is 4.72 Å². The molecule has 0 spiro atoms. The minimum absolute atomic E-state index is 0.0246. The Kier molecular flexibility index (Phi) is 6.51. The van der Waals surface area contributed by atoms with Crippen LogP contribution in [0, 0.1) is 0 Å². The van der Waals surface area contributed by atoms with Crippen molar-refractivity contribution < 1.29 is 32.5 Å². The van der Waals surface area contributed by atoms with Gasteiger partial charge in [-0.1, -0.05) is 0 Å². The highest BCUT2D eigenvalue weighted by Crippen LogP contribution is 2.34. The predicted octanol–water partition coefficient (Wildman–Crippen LogP) is 3.60. The maximum atomic E-state index is 13.1. The first-order valence-corrected chi connectivity index (χ1v) is 11.9. The number of ether oxygens (including phenoxy) is 3. The van der Waals surface area contributed by atoms with Crippen molar-refractivity contribution in [1.29, 1.82) is 0 Å². The van der Waals surface area contributed by atoms with E-state index in [-0.39, 0.29) is 16.1 Å². The summed E-state index contributed by atoms with van der Waals surface area (Å²) in [5.74, 6) is 0.718. The Labute approximate surface area is 197 Å². The molecular formula is C24H24N2O7S. The second-order valence-corrected chi connectivity index (χ2v) is 9.24. The lowest BCUT2D eigenvalue weighted by Gasteiger charge is -2.25. The van der Waals surface area contributed by atoms with E-state index < -0.39 is 16.0 Å². The Morgan fingerprint density at radius 3 is 2.38 bits per heavy atom. The molecule has 3 aromatic rings. The topological polar surface area (TPSA) is 114 Å². The number of anilines is 2. The lowest BCUT2D eigenvalue weighted by atomic mass is 10.1. The Balaban J connectivity index is 1.71. The van der Waals surface area contributed by atoms with Crippen LogP contribution in [0.5, 0.6) is 17.2 Å². The summed E-state index contributed by atoms with van der Waals surface area (Å²) in [6, 6.07) is 15.8. The first-order valence-electron chi connectivity index (χ1n) is 10.4. The van der Waals surface area contributed by atoms with E-state index in [0.717, 1.165) is 5.56 Å². The molecule has 0 unspecified atom stereocenters. The number of nitrogens with one attached hydrogen (secondary N) is 1. The maximum absolute atomic E-state index is 13.1. The molecule has 1 aliphatic rings. The van der Waals surface area contributed by atoms with Crippen LogP contribution in [-0.2, 0) is 16.6 Å². The SMILES string of the molecule is COc1ccc(S(=O)(=O)Nc2cc(C(=O)O)ccc2N2CCOc3cc(OC)ccc3C2)cc1. The van der Waals surface area contributed by atoms with Crippen LogP contribution in [0.25, 0.3) is 0 Å². The molecule has 0 radical (unpaired) electrons. The van der Waals surface area contributed by atoms with Gasteiger partial charge in [0.25, 0.3) is 10.0 Å². The first-order chi connectivity index (χ1) is 16.3. The number of methoxy groups -OCH3 is 2. The number of hydrogen-bond acceptors (Lipinski definition) is 7. The average Bonchev–Trinajstić information content (AvgIpc) is 3.05. The van der Waals surface area contributed by atoms with Crippen molar-refractivity contribution in [3.05, 3.63) is 71.8 Å². The van der Waals surface area contributed by atoms with Crippen LogP contribution in [0.4, 0.5) is 11.4 Å². The largest absolute Gasteiger partial charge is 0.497 e. The van der Waals surface area contributed by atoms with E-state index in [1.54, 1.807) is 31.4 Å². The van der Waals surface area contributed by atoms with Crippen LogP contribution in [-0.4, -0.2) is 46.9 Å². The molecule has 34 heavy (non-hydrogen) atoms. The Morgan fingerprint density at radius 2 is 1.71 bits per heavy atom. The minimum atomic E-state index is -3.99. The van der Waals surface area contributed by atoms with Crippen LogP contribution < -0.4 is 23.8 Å². The lowest BCUT2D eigenvalue weighted by Crippen LogP contribution is -2.27. The van der Waals surface area contributed by atoms with Gasteiger partial charge in [-0.15, -0.1) is 0 Å². The predicted molar refractivity (Wildman–Crippen MR) is 127 cm³/mol. The number of fused-ring (bicyclic) bond motifs is 1. The smallest absolute Gasteiger partial charge is 0.335 e. The Morgan fingerprint density at radius 1 is 1.00 bits per heavy atom. The molecule has 0 aliphatic carbocycles. The van der Waals surface area contributed by atoms with E-state index in [4.69, 9.17) is 14.2 Å². The first kappa shape index (κ1) is 23.2. The van der Waals surface area contributed by atoms with Crippen LogP contribution in [0.3, 0.4) is 0 Å². The normalized spacial score (nSPS) is 13.3. The highest BCUT2D eigenvalue weighted by molar-refractivity contribution is 7.92. The van der Waals surface area contributed by atoms with Crippen molar-refractivity contribution in [2.75, 3.05) is 37.0 Å². The summed E-state index contributed by atoms with van der Waals surface area (Å²) in [6.07, 6.45) is 0. The fraction of sp³-hybridized carbons (Fsp3) is 0.208. The minimum Gasteiger partial charge on any atom is -0.497 e. The molecule has 0 saturated carbocycles. The molecule has 2 N–H and O–H groups in total. The molecule has 178 valence electrons. The number of carbonyl (C=O) groups is 1. The van der Waals surface area contributed by atoms with Gasteiger partial charge in [0.05, 0.1) is 42.6 Å². The zero-order valence-corrected chi connectivity index (χ0v) is 19.5. The van der Waals surface area contributed by atoms with Crippen molar-refractivity contribution in [2.45, 2.75) is 11.4 Å². The fourth-order valence-corrected chi connectivity index (χ4v) is 4.73. The monoisotopic (exact) mass is 484 g/mol. The molecule has 4 rings (SSSR count). The van der Waals surface area contributed by atoms with E-state index in [0.29, 0.717) is 42.6 Å². The van der Waals surface area contributed by atoms with E-state index in [2.05, 4.69) is 4.72 Å². The highest BCUT2D eigenvalue weighted by Gasteiger charge is 2.23. The van der Waals surface area contributed by atoms with Gasteiger partial charge >= 0.3 is 5.97 Å². The molecule has 0 atom stereocenters. The third-order valence-corrected chi connectivity index (χ3v) is 6.83. The number of nitrogens with zero attached hydrogens (tertiary/aromatic N) is 1. The van der Waals surface area contributed by atoms with Crippen molar-refractivity contribution in [3.63, 3.8) is 0 Å². The fourth-order valence-electron chi connectivity index (χ4n) is 3.67. The second-order valence-electron chi connectivity index (χ2n) is 7.56. The second kappa shape index (κ2) is 9.52. The van der Waals surface area contributed by atoms with Gasteiger partial charge in [0.15, 0.2) is 0 Å². The van der Waals surface area contributed by atoms with Gasteiger partial charge in [0.2, 0.25) is 0 Å². The van der Waals surface area contributed by atoms with Crippen LogP contribution in [0.1, 0.15) is 15.9 Å². The average molecular weight is 485 g/mol. The molecule has 0 amide bonds. The van der Waals surface area contributed by atoms with Gasteiger partial charge < -0.3 is 24.2 Å². The zero-order chi connectivity index (χ0) is 24.3. The van der Waals surface area contributed by atoms with Crippen molar-refractivity contribution >= 4 is 27.4 Å². The standard InChI is InChI=1S/C24H24N2O7S/c1-31-18-6-8-20(9-7-18)34(29,30)25-21-13-16(24(27)28)4-10-22(21)26-11-12-33-23-14-19(32-2)5-3-17(23)15-26/h3-10,13-14,25H,11-12,15H2,1-2H3,(H,27,28). The summed E-state index contributed by atoms with van der Waals surface area (Å²) in [4.78, 5) is 13.6. The third-order valence-electron chi connectivity index (χ3n) is 5.45. The molecule has 3 aromatic carbocycles. The summed E-state index contributed by atoms with van der Waals surface area (Å²) < 4.78 is 45.0. The van der Waals surface area contributed by atoms with Crippen LogP contribution >= 0.6 is 0 Å². The van der Waals surface area contributed by atoms with Crippen molar-refractivity contribution in [2.24, 2.45) is 0 Å². The van der Waals surface area contributed by atoms with Gasteiger partial charge in [-0.25, -0.2) is 13.2 Å². The summed E-state index contributed by atoms with van der Waals surface area (Å²) in [7, 11) is -0.924. The number of rotatable bonds is 7. The molecule has 0 fully saturated rings.